The number of unbranched alkanes of at least 4 members (excludes halogenated alkanes) is 1. The average Bonchev–Trinajstić information content (AvgIpc) is 3.42. The van der Waals surface area contributed by atoms with E-state index in [0.29, 0.717) is 49.9 Å². The molecule has 4 aromatic rings. The third kappa shape index (κ3) is 9.26. The summed E-state index contributed by atoms with van der Waals surface area (Å²) in [7, 11) is 0. The number of hydrogen-bond donors (Lipinski definition) is 0. The van der Waals surface area contributed by atoms with E-state index in [0.717, 1.165) is 5.56 Å². The number of pyridine rings is 1. The number of aryl methyl sites for hydroxylation is 4. The Labute approximate surface area is 234 Å². The smallest absolute Gasteiger partial charge is 0.406 e. The molecule has 0 aliphatic heterocycles. The number of ether oxygens (including phenoxy) is 1. The van der Waals surface area contributed by atoms with Crippen molar-refractivity contribution in [3.8, 4) is 5.75 Å². The lowest BCUT2D eigenvalue weighted by Gasteiger charge is -2.09. The Morgan fingerprint density at radius 1 is 0.829 bits per heavy atom. The molecule has 2 aromatic heterocycles. The molecule has 0 saturated heterocycles. The summed E-state index contributed by atoms with van der Waals surface area (Å²) in [5.74, 6) is -0.680. The van der Waals surface area contributed by atoms with Crippen molar-refractivity contribution in [2.24, 2.45) is 0 Å². The molecule has 0 aliphatic carbocycles. The Morgan fingerprint density at radius 3 is 2.29 bits per heavy atom. The molecule has 0 fully saturated rings. The fourth-order valence-corrected chi connectivity index (χ4v) is 4.29. The molecule has 2 heterocycles. The Hall–Kier alpha value is -4.54. The topological polar surface area (TPSA) is 96.1 Å². The molecule has 0 aliphatic rings. The number of Topliss-reactive ketones (excluding diaryl/α,β-unsaturated/α-hetero) is 2. The number of aromatic nitrogens is 4. The zero-order valence-corrected chi connectivity index (χ0v) is 22.2. The van der Waals surface area contributed by atoms with Crippen molar-refractivity contribution in [2.75, 3.05) is 0 Å². The highest BCUT2D eigenvalue weighted by Crippen LogP contribution is 2.24. The number of alkyl halides is 3. The first kappa shape index (κ1) is 29.4. The summed E-state index contributed by atoms with van der Waals surface area (Å²) in [6, 6.07) is 18.3. The number of rotatable bonds is 14. The maximum Gasteiger partial charge on any atom is 0.573 e. The second kappa shape index (κ2) is 13.7. The summed E-state index contributed by atoms with van der Waals surface area (Å²) in [4.78, 5) is 37.5. The van der Waals surface area contributed by atoms with E-state index in [4.69, 9.17) is 0 Å². The molecule has 0 bridgehead atoms. The van der Waals surface area contributed by atoms with Crippen molar-refractivity contribution < 1.29 is 27.5 Å². The molecule has 4 rings (SSSR count). The molecule has 214 valence electrons. The van der Waals surface area contributed by atoms with E-state index >= 15 is 0 Å². The number of carbonyl (C=O) groups excluding carboxylic acids is 2. The fraction of sp³-hybridized carbons (Fsp3) is 0.300. The Morgan fingerprint density at radius 2 is 1.54 bits per heavy atom. The average molecular weight is 567 g/mol. The van der Waals surface area contributed by atoms with Crippen LogP contribution in [0.25, 0.3) is 0 Å². The number of ketones is 2. The quantitative estimate of drug-likeness (QED) is 0.149. The van der Waals surface area contributed by atoms with Gasteiger partial charge in [0, 0.05) is 43.8 Å². The Kier molecular flexibility index (Phi) is 9.83. The van der Waals surface area contributed by atoms with E-state index in [-0.39, 0.29) is 41.4 Å². The van der Waals surface area contributed by atoms with Crippen LogP contribution in [0, 0.1) is 0 Å². The van der Waals surface area contributed by atoms with E-state index in [1.807, 2.05) is 30.3 Å². The van der Waals surface area contributed by atoms with Crippen molar-refractivity contribution >= 4 is 11.6 Å². The molecular weight excluding hydrogens is 537 g/mol. The van der Waals surface area contributed by atoms with Gasteiger partial charge >= 0.3 is 6.36 Å². The summed E-state index contributed by atoms with van der Waals surface area (Å²) in [6.45, 7) is 0.955. The van der Waals surface area contributed by atoms with Gasteiger partial charge in [0.15, 0.2) is 11.6 Å². The monoisotopic (exact) mass is 566 g/mol. The highest BCUT2D eigenvalue weighted by atomic mass is 19.4. The lowest BCUT2D eigenvalue weighted by Crippen LogP contribution is -2.20. The normalized spacial score (nSPS) is 11.4. The van der Waals surface area contributed by atoms with Gasteiger partial charge in [0.1, 0.15) is 11.4 Å². The molecule has 8 nitrogen and oxygen atoms in total. The van der Waals surface area contributed by atoms with Crippen molar-refractivity contribution in [1.29, 1.82) is 0 Å². The number of halogens is 3. The minimum atomic E-state index is -4.78. The molecule has 0 spiro atoms. The minimum absolute atomic E-state index is 0.0574. The van der Waals surface area contributed by atoms with Gasteiger partial charge in [0.25, 0.3) is 5.56 Å². The van der Waals surface area contributed by atoms with Crippen LogP contribution in [0.2, 0.25) is 0 Å². The van der Waals surface area contributed by atoms with E-state index in [9.17, 15) is 27.6 Å². The van der Waals surface area contributed by atoms with Crippen LogP contribution in [0.1, 0.15) is 57.7 Å². The molecule has 0 saturated carbocycles. The van der Waals surface area contributed by atoms with Gasteiger partial charge < -0.3 is 9.30 Å². The third-order valence-corrected chi connectivity index (χ3v) is 6.43. The van der Waals surface area contributed by atoms with Crippen LogP contribution in [-0.2, 0) is 25.9 Å². The van der Waals surface area contributed by atoms with Crippen LogP contribution in [0.15, 0.2) is 83.9 Å². The maximum atomic E-state index is 12.5. The SMILES string of the molecule is O=C(CCc1ccccc1)c1ccn(CCCCn2cc(C(=O)CCc3cccc(OC(F)(F)F)c3)nn2)c(=O)c1. The standard InChI is InChI=1S/C30H29F3N4O4/c31-30(32,33)41-25-10-6-9-23(19-25)12-14-28(39)26-21-37(35-34-26)17-5-4-16-36-18-15-24(20-29(36)40)27(38)13-11-22-7-2-1-3-8-22/h1-3,6-10,15,18-21H,4-5,11-14,16-17H2. The largest absolute Gasteiger partial charge is 0.573 e. The zero-order chi connectivity index (χ0) is 29.2. The van der Waals surface area contributed by atoms with Crippen LogP contribution in [0.4, 0.5) is 13.2 Å². The van der Waals surface area contributed by atoms with Gasteiger partial charge in [-0.05, 0) is 55.0 Å². The van der Waals surface area contributed by atoms with Crippen LogP contribution < -0.4 is 10.3 Å². The first-order chi connectivity index (χ1) is 19.7. The van der Waals surface area contributed by atoms with Gasteiger partial charge in [0.2, 0.25) is 0 Å². The first-order valence-corrected chi connectivity index (χ1v) is 13.2. The highest BCUT2D eigenvalue weighted by Gasteiger charge is 2.31. The van der Waals surface area contributed by atoms with Crippen LogP contribution in [0.5, 0.6) is 5.75 Å². The summed E-state index contributed by atoms with van der Waals surface area (Å²) >= 11 is 0. The molecular formula is C30H29F3N4O4. The predicted octanol–water partition coefficient (Wildman–Crippen LogP) is 5.45. The molecule has 0 atom stereocenters. The van der Waals surface area contributed by atoms with Gasteiger partial charge in [-0.1, -0.05) is 47.7 Å². The third-order valence-electron chi connectivity index (χ3n) is 6.43. The Balaban J connectivity index is 1.19. The summed E-state index contributed by atoms with van der Waals surface area (Å²) in [6.07, 6.45) is 0.967. The van der Waals surface area contributed by atoms with E-state index in [1.165, 1.54) is 30.5 Å². The fourth-order valence-electron chi connectivity index (χ4n) is 4.29. The highest BCUT2D eigenvalue weighted by molar-refractivity contribution is 5.96. The van der Waals surface area contributed by atoms with E-state index < -0.39 is 6.36 Å². The maximum absolute atomic E-state index is 12.5. The van der Waals surface area contributed by atoms with E-state index in [1.54, 1.807) is 27.6 Å². The van der Waals surface area contributed by atoms with Crippen molar-refractivity contribution in [2.45, 2.75) is 58.0 Å². The summed E-state index contributed by atoms with van der Waals surface area (Å²) in [5.41, 5.74) is 1.95. The molecule has 11 heteroatoms. The number of hydrogen-bond acceptors (Lipinski definition) is 6. The summed E-state index contributed by atoms with van der Waals surface area (Å²) in [5, 5.41) is 7.88. The molecule has 41 heavy (non-hydrogen) atoms. The van der Waals surface area contributed by atoms with Crippen molar-refractivity contribution in [3.63, 3.8) is 0 Å². The first-order valence-electron chi connectivity index (χ1n) is 13.2. The van der Waals surface area contributed by atoms with Crippen molar-refractivity contribution in [1.82, 2.24) is 19.6 Å². The van der Waals surface area contributed by atoms with Gasteiger partial charge in [-0.2, -0.15) is 0 Å². The zero-order valence-electron chi connectivity index (χ0n) is 22.2. The molecule has 2 aromatic carbocycles. The summed E-state index contributed by atoms with van der Waals surface area (Å²) < 4.78 is 44.3. The Bertz CT molecular complexity index is 1530. The second-order valence-electron chi connectivity index (χ2n) is 9.55. The van der Waals surface area contributed by atoms with Gasteiger partial charge in [-0.25, -0.2) is 0 Å². The van der Waals surface area contributed by atoms with Gasteiger partial charge in [0.05, 0.1) is 6.20 Å². The number of carbonyl (C=O) groups is 2. The second-order valence-corrected chi connectivity index (χ2v) is 9.55. The minimum Gasteiger partial charge on any atom is -0.406 e. The van der Waals surface area contributed by atoms with Crippen molar-refractivity contribution in [3.05, 3.63) is 112 Å². The molecule has 0 N–H and O–H groups in total. The van der Waals surface area contributed by atoms with Crippen LogP contribution in [-0.4, -0.2) is 37.5 Å². The lowest BCUT2D eigenvalue weighted by atomic mass is 10.0. The van der Waals surface area contributed by atoms with E-state index in [2.05, 4.69) is 15.0 Å². The van der Waals surface area contributed by atoms with Crippen LogP contribution in [0.3, 0.4) is 0 Å². The lowest BCUT2D eigenvalue weighted by molar-refractivity contribution is -0.274. The molecule has 0 unspecified atom stereocenters. The molecule has 0 amide bonds. The number of benzene rings is 2. The van der Waals surface area contributed by atoms with Gasteiger partial charge in [-0.15, -0.1) is 18.3 Å². The predicted molar refractivity (Wildman–Crippen MR) is 145 cm³/mol. The number of nitrogens with zero attached hydrogens (tertiary/aromatic N) is 4. The van der Waals surface area contributed by atoms with Gasteiger partial charge in [-0.3, -0.25) is 19.1 Å². The molecule has 0 radical (unpaired) electrons. The van der Waals surface area contributed by atoms with Crippen LogP contribution >= 0.6 is 0 Å².